The first kappa shape index (κ1) is 9.55. The molecule has 2 atom stereocenters. The number of aliphatic hydroxyl groups excluding tert-OH is 2. The third kappa shape index (κ3) is 4.43. The van der Waals surface area contributed by atoms with Crippen molar-refractivity contribution in [2.45, 2.75) is 19.1 Å². The van der Waals surface area contributed by atoms with Gasteiger partial charge < -0.3 is 19.7 Å². The molecule has 0 spiro atoms. The second-order valence-corrected chi connectivity index (χ2v) is 2.01. The van der Waals surface area contributed by atoms with Crippen LogP contribution in [0.15, 0.2) is 0 Å². The summed E-state index contributed by atoms with van der Waals surface area (Å²) >= 11 is 0. The van der Waals surface area contributed by atoms with Gasteiger partial charge in [0.25, 0.3) is 0 Å². The zero-order chi connectivity index (χ0) is 7.98. The molecule has 2 N–H and O–H groups in total. The number of hydrogen-bond acceptors (Lipinski definition) is 4. The molecule has 0 aliphatic rings. The van der Waals surface area contributed by atoms with Gasteiger partial charge in [0.2, 0.25) is 0 Å². The van der Waals surface area contributed by atoms with Gasteiger partial charge in [0.15, 0.2) is 0 Å². The Morgan fingerprint density at radius 1 is 1.70 bits per heavy atom. The molecule has 0 aliphatic carbocycles. The van der Waals surface area contributed by atoms with Gasteiger partial charge in [0.1, 0.15) is 18.5 Å². The van der Waals surface area contributed by atoms with E-state index >= 15 is 0 Å². The van der Waals surface area contributed by atoms with Crippen LogP contribution in [0, 0.1) is 0 Å². The minimum atomic E-state index is -0.887. The van der Waals surface area contributed by atoms with Gasteiger partial charge in [-0.3, -0.25) is 0 Å². The van der Waals surface area contributed by atoms with Gasteiger partial charge in [-0.2, -0.15) is 0 Å². The number of ether oxygens (including phenoxy) is 1. The fourth-order valence-corrected chi connectivity index (χ4v) is 0.355. The Bertz CT molecular complexity index is 93.7. The third-order valence-electron chi connectivity index (χ3n) is 0.954. The molecule has 2 unspecified atom stereocenters. The number of aldehydes is 1. The average molecular weight is 148 g/mol. The van der Waals surface area contributed by atoms with Crippen LogP contribution in [-0.4, -0.2) is 41.9 Å². The highest BCUT2D eigenvalue weighted by Crippen LogP contribution is 1.88. The van der Waals surface area contributed by atoms with Crippen molar-refractivity contribution < 1.29 is 19.7 Å². The van der Waals surface area contributed by atoms with Crippen molar-refractivity contribution >= 4 is 6.29 Å². The Kier molecular flexibility index (Phi) is 5.10. The molecule has 10 heavy (non-hydrogen) atoms. The molecule has 0 aliphatic heterocycles. The maximum Gasteiger partial charge on any atom is 0.148 e. The highest BCUT2D eigenvalue weighted by Gasteiger charge is 2.04. The fraction of sp³-hybridized carbons (Fsp3) is 0.833. The topological polar surface area (TPSA) is 66.8 Å². The minimum Gasteiger partial charge on any atom is -0.394 e. The first-order valence-electron chi connectivity index (χ1n) is 3.06. The van der Waals surface area contributed by atoms with E-state index in [4.69, 9.17) is 14.9 Å². The fourth-order valence-electron chi connectivity index (χ4n) is 0.355. The SMILES string of the molecule is CC(C=O)OCC(O)CO. The lowest BCUT2D eigenvalue weighted by Gasteiger charge is -2.09. The van der Waals surface area contributed by atoms with Crippen LogP contribution < -0.4 is 0 Å². The predicted octanol–water partition coefficient (Wildman–Crippen LogP) is -1.06. The highest BCUT2D eigenvalue weighted by atomic mass is 16.5. The van der Waals surface area contributed by atoms with E-state index in [1.807, 2.05) is 0 Å². The molecule has 0 saturated carbocycles. The van der Waals surface area contributed by atoms with Crippen LogP contribution in [0.1, 0.15) is 6.92 Å². The van der Waals surface area contributed by atoms with Crippen LogP contribution in [0.5, 0.6) is 0 Å². The van der Waals surface area contributed by atoms with Crippen molar-refractivity contribution in [2.24, 2.45) is 0 Å². The van der Waals surface area contributed by atoms with Crippen LogP contribution in [0.2, 0.25) is 0 Å². The molecule has 4 heteroatoms. The summed E-state index contributed by atoms with van der Waals surface area (Å²) in [6.45, 7) is 1.22. The summed E-state index contributed by atoms with van der Waals surface area (Å²) in [5, 5.41) is 17.0. The Morgan fingerprint density at radius 3 is 2.70 bits per heavy atom. The molecule has 0 rings (SSSR count). The molecule has 0 heterocycles. The first-order chi connectivity index (χ1) is 4.70. The standard InChI is InChI=1S/C6H12O4/c1-5(2-7)10-4-6(9)3-8/h2,5-6,8-9H,3-4H2,1H3. The summed E-state index contributed by atoms with van der Waals surface area (Å²) in [4.78, 5) is 9.94. The second kappa shape index (κ2) is 5.34. The lowest BCUT2D eigenvalue weighted by molar-refractivity contribution is -0.119. The van der Waals surface area contributed by atoms with E-state index in [1.54, 1.807) is 6.92 Å². The zero-order valence-electron chi connectivity index (χ0n) is 5.86. The molecule has 0 bridgehead atoms. The molecule has 0 aromatic carbocycles. The maximum absolute atomic E-state index is 9.94. The molecular formula is C6H12O4. The van der Waals surface area contributed by atoms with Gasteiger partial charge in [-0.15, -0.1) is 0 Å². The van der Waals surface area contributed by atoms with E-state index in [-0.39, 0.29) is 13.2 Å². The Balaban J connectivity index is 3.25. The molecular weight excluding hydrogens is 136 g/mol. The van der Waals surface area contributed by atoms with Crippen molar-refractivity contribution in [3.63, 3.8) is 0 Å². The Morgan fingerprint density at radius 2 is 2.30 bits per heavy atom. The number of rotatable bonds is 5. The van der Waals surface area contributed by atoms with Gasteiger partial charge in [-0.1, -0.05) is 0 Å². The first-order valence-corrected chi connectivity index (χ1v) is 3.06. The van der Waals surface area contributed by atoms with Crippen molar-refractivity contribution in [1.82, 2.24) is 0 Å². The summed E-state index contributed by atoms with van der Waals surface area (Å²) < 4.78 is 4.77. The number of hydrogen-bond donors (Lipinski definition) is 2. The lowest BCUT2D eigenvalue weighted by atomic mass is 10.4. The van der Waals surface area contributed by atoms with Crippen molar-refractivity contribution in [1.29, 1.82) is 0 Å². The number of carbonyl (C=O) groups is 1. The van der Waals surface area contributed by atoms with E-state index in [0.717, 1.165) is 0 Å². The van der Waals surface area contributed by atoms with Crippen molar-refractivity contribution in [2.75, 3.05) is 13.2 Å². The summed E-state index contributed by atoms with van der Waals surface area (Å²) in [5.74, 6) is 0. The summed E-state index contributed by atoms with van der Waals surface area (Å²) in [6, 6.07) is 0. The van der Waals surface area contributed by atoms with Gasteiger partial charge >= 0.3 is 0 Å². The Labute approximate surface area is 59.4 Å². The van der Waals surface area contributed by atoms with Gasteiger partial charge in [-0.05, 0) is 6.92 Å². The van der Waals surface area contributed by atoms with E-state index in [2.05, 4.69) is 0 Å². The summed E-state index contributed by atoms with van der Waals surface area (Å²) in [6.07, 6.45) is -0.770. The summed E-state index contributed by atoms with van der Waals surface area (Å²) in [7, 11) is 0. The van der Waals surface area contributed by atoms with Crippen LogP contribution >= 0.6 is 0 Å². The van der Waals surface area contributed by atoms with E-state index < -0.39 is 12.2 Å². The lowest BCUT2D eigenvalue weighted by Crippen LogP contribution is -2.23. The number of aliphatic hydroxyl groups is 2. The Hall–Kier alpha value is -0.450. The molecule has 0 saturated heterocycles. The molecule has 60 valence electrons. The molecule has 4 nitrogen and oxygen atoms in total. The second-order valence-electron chi connectivity index (χ2n) is 2.01. The molecule has 0 aromatic heterocycles. The van der Waals surface area contributed by atoms with Crippen LogP contribution in [0.3, 0.4) is 0 Å². The maximum atomic E-state index is 9.94. The minimum absolute atomic E-state index is 0.00356. The highest BCUT2D eigenvalue weighted by molar-refractivity contribution is 5.55. The van der Waals surface area contributed by atoms with Crippen LogP contribution in [0.4, 0.5) is 0 Å². The molecule has 0 radical (unpaired) electrons. The zero-order valence-corrected chi connectivity index (χ0v) is 5.86. The summed E-state index contributed by atoms with van der Waals surface area (Å²) in [5.41, 5.74) is 0. The van der Waals surface area contributed by atoms with Gasteiger partial charge in [-0.25, -0.2) is 0 Å². The van der Waals surface area contributed by atoms with Crippen molar-refractivity contribution in [3.05, 3.63) is 0 Å². The van der Waals surface area contributed by atoms with Gasteiger partial charge in [0.05, 0.1) is 13.2 Å². The molecule has 0 amide bonds. The smallest absolute Gasteiger partial charge is 0.148 e. The van der Waals surface area contributed by atoms with E-state index in [9.17, 15) is 4.79 Å². The molecule has 0 fully saturated rings. The quantitative estimate of drug-likeness (QED) is 0.488. The van der Waals surface area contributed by atoms with E-state index in [1.165, 1.54) is 0 Å². The monoisotopic (exact) mass is 148 g/mol. The van der Waals surface area contributed by atoms with Crippen LogP contribution in [-0.2, 0) is 9.53 Å². The molecule has 0 aromatic rings. The van der Waals surface area contributed by atoms with Crippen molar-refractivity contribution in [3.8, 4) is 0 Å². The van der Waals surface area contributed by atoms with Crippen LogP contribution in [0.25, 0.3) is 0 Å². The van der Waals surface area contributed by atoms with E-state index in [0.29, 0.717) is 6.29 Å². The average Bonchev–Trinajstić information content (AvgIpc) is 1.99. The predicted molar refractivity (Wildman–Crippen MR) is 34.6 cm³/mol. The largest absolute Gasteiger partial charge is 0.394 e. The third-order valence-corrected chi connectivity index (χ3v) is 0.954. The van der Waals surface area contributed by atoms with Gasteiger partial charge in [0, 0.05) is 0 Å². The number of carbonyl (C=O) groups excluding carboxylic acids is 1. The normalized spacial score (nSPS) is 16.3.